The Morgan fingerprint density at radius 1 is 1.65 bits per heavy atom. The minimum Gasteiger partial charge on any atom is -0.385 e. The zero-order valence-electron chi connectivity index (χ0n) is 9.51. The summed E-state index contributed by atoms with van der Waals surface area (Å²) in [6.07, 6.45) is 1.21. The molecule has 0 heterocycles. The molecule has 0 radical (unpaired) electrons. The standard InChI is InChI=1S/C12H13N3O2/c1-8-4-10(8)7-14-11-3-2-9(6-13)12(5-11)15(16)17/h2-3,5,8,10,14H,4,7H2,1H3. The van der Waals surface area contributed by atoms with Crippen LogP contribution in [-0.4, -0.2) is 11.5 Å². The number of rotatable bonds is 4. The molecule has 0 aliphatic heterocycles. The van der Waals surface area contributed by atoms with Gasteiger partial charge in [-0.15, -0.1) is 0 Å². The highest BCUT2D eigenvalue weighted by Crippen LogP contribution is 2.37. The average molecular weight is 231 g/mol. The van der Waals surface area contributed by atoms with Crippen LogP contribution in [0.15, 0.2) is 18.2 Å². The number of nitro benzene ring substituents is 1. The van der Waals surface area contributed by atoms with E-state index in [0.29, 0.717) is 11.6 Å². The molecule has 0 bridgehead atoms. The second kappa shape index (κ2) is 4.42. The van der Waals surface area contributed by atoms with E-state index in [1.54, 1.807) is 6.07 Å². The van der Waals surface area contributed by atoms with Crippen molar-refractivity contribution < 1.29 is 4.92 Å². The fourth-order valence-electron chi connectivity index (χ4n) is 1.82. The fourth-order valence-corrected chi connectivity index (χ4v) is 1.82. The molecule has 2 unspecified atom stereocenters. The summed E-state index contributed by atoms with van der Waals surface area (Å²) >= 11 is 0. The summed E-state index contributed by atoms with van der Waals surface area (Å²) in [5.74, 6) is 1.42. The lowest BCUT2D eigenvalue weighted by Gasteiger charge is -2.05. The summed E-state index contributed by atoms with van der Waals surface area (Å²) in [6.45, 7) is 3.03. The lowest BCUT2D eigenvalue weighted by Crippen LogP contribution is -2.05. The second-order valence-electron chi connectivity index (χ2n) is 4.45. The third kappa shape index (κ3) is 2.53. The molecule has 2 rings (SSSR count). The number of hydrogen-bond acceptors (Lipinski definition) is 4. The van der Waals surface area contributed by atoms with Crippen LogP contribution in [0.4, 0.5) is 11.4 Å². The summed E-state index contributed by atoms with van der Waals surface area (Å²) in [7, 11) is 0. The third-order valence-electron chi connectivity index (χ3n) is 3.16. The van der Waals surface area contributed by atoms with E-state index in [1.165, 1.54) is 18.6 Å². The fraction of sp³-hybridized carbons (Fsp3) is 0.417. The molecule has 1 aliphatic carbocycles. The van der Waals surface area contributed by atoms with Gasteiger partial charge in [-0.3, -0.25) is 10.1 Å². The molecule has 1 aromatic carbocycles. The van der Waals surface area contributed by atoms with Gasteiger partial charge in [-0.2, -0.15) is 5.26 Å². The van der Waals surface area contributed by atoms with Crippen LogP contribution in [0.1, 0.15) is 18.9 Å². The zero-order valence-corrected chi connectivity index (χ0v) is 9.51. The topological polar surface area (TPSA) is 79.0 Å². The Morgan fingerprint density at radius 2 is 2.35 bits per heavy atom. The highest BCUT2D eigenvalue weighted by Gasteiger charge is 2.31. The van der Waals surface area contributed by atoms with E-state index in [0.717, 1.165) is 12.5 Å². The van der Waals surface area contributed by atoms with Crippen LogP contribution in [0.2, 0.25) is 0 Å². The monoisotopic (exact) mass is 231 g/mol. The van der Waals surface area contributed by atoms with Crippen LogP contribution in [-0.2, 0) is 0 Å². The van der Waals surface area contributed by atoms with Crippen molar-refractivity contribution in [3.63, 3.8) is 0 Å². The third-order valence-corrected chi connectivity index (χ3v) is 3.16. The van der Waals surface area contributed by atoms with Crippen LogP contribution >= 0.6 is 0 Å². The van der Waals surface area contributed by atoms with E-state index in [-0.39, 0.29) is 11.3 Å². The van der Waals surface area contributed by atoms with Crippen LogP contribution < -0.4 is 5.32 Å². The summed E-state index contributed by atoms with van der Waals surface area (Å²) in [5.41, 5.74) is 0.663. The molecule has 5 heteroatoms. The van der Waals surface area contributed by atoms with E-state index in [9.17, 15) is 10.1 Å². The molecule has 0 spiro atoms. The van der Waals surface area contributed by atoms with Gasteiger partial charge in [0.1, 0.15) is 11.6 Å². The Hall–Kier alpha value is -2.09. The van der Waals surface area contributed by atoms with Crippen molar-refractivity contribution in [2.75, 3.05) is 11.9 Å². The predicted molar refractivity (Wildman–Crippen MR) is 63.6 cm³/mol. The Labute approximate surface area is 99.2 Å². The van der Waals surface area contributed by atoms with Gasteiger partial charge in [0.25, 0.3) is 5.69 Å². The maximum absolute atomic E-state index is 10.8. The van der Waals surface area contributed by atoms with Crippen LogP contribution in [0, 0.1) is 33.3 Å². The number of anilines is 1. The van der Waals surface area contributed by atoms with Gasteiger partial charge in [0.15, 0.2) is 0 Å². The zero-order chi connectivity index (χ0) is 12.4. The molecule has 2 atom stereocenters. The van der Waals surface area contributed by atoms with Crippen molar-refractivity contribution >= 4 is 11.4 Å². The predicted octanol–water partition coefficient (Wildman–Crippen LogP) is 2.53. The maximum atomic E-state index is 10.8. The van der Waals surface area contributed by atoms with E-state index < -0.39 is 4.92 Å². The van der Waals surface area contributed by atoms with Crippen molar-refractivity contribution in [3.8, 4) is 6.07 Å². The van der Waals surface area contributed by atoms with E-state index in [2.05, 4.69) is 12.2 Å². The Morgan fingerprint density at radius 3 is 2.88 bits per heavy atom. The molecule has 1 saturated carbocycles. The first-order chi connectivity index (χ1) is 8.11. The highest BCUT2D eigenvalue weighted by molar-refractivity contribution is 5.59. The molecule has 1 N–H and O–H groups in total. The summed E-state index contributed by atoms with van der Waals surface area (Å²) in [6, 6.07) is 6.43. The van der Waals surface area contributed by atoms with Gasteiger partial charge in [-0.1, -0.05) is 6.92 Å². The SMILES string of the molecule is CC1CC1CNc1ccc(C#N)c([N+](=O)[O-])c1. The van der Waals surface area contributed by atoms with E-state index in [1.807, 2.05) is 6.07 Å². The minimum atomic E-state index is -0.524. The van der Waals surface area contributed by atoms with Gasteiger partial charge in [0.2, 0.25) is 0 Å². The van der Waals surface area contributed by atoms with Gasteiger partial charge in [0.05, 0.1) is 4.92 Å². The first-order valence-corrected chi connectivity index (χ1v) is 5.54. The van der Waals surface area contributed by atoms with Crippen LogP contribution in [0.25, 0.3) is 0 Å². The largest absolute Gasteiger partial charge is 0.385 e. The Bertz CT molecular complexity index is 493. The molecular weight excluding hydrogens is 218 g/mol. The molecule has 88 valence electrons. The molecule has 1 fully saturated rings. The van der Waals surface area contributed by atoms with E-state index >= 15 is 0 Å². The number of nitrogens with one attached hydrogen (secondary N) is 1. The van der Waals surface area contributed by atoms with Crippen molar-refractivity contribution in [3.05, 3.63) is 33.9 Å². The summed E-state index contributed by atoms with van der Waals surface area (Å²) < 4.78 is 0. The lowest BCUT2D eigenvalue weighted by atomic mass is 10.1. The van der Waals surface area contributed by atoms with Crippen molar-refractivity contribution in [1.82, 2.24) is 0 Å². The molecule has 1 aromatic rings. The van der Waals surface area contributed by atoms with Gasteiger partial charge >= 0.3 is 0 Å². The Kier molecular flexibility index (Phi) is 2.96. The number of nitro groups is 1. The normalized spacial score (nSPS) is 21.6. The van der Waals surface area contributed by atoms with Gasteiger partial charge in [-0.05, 0) is 30.4 Å². The highest BCUT2D eigenvalue weighted by atomic mass is 16.6. The lowest BCUT2D eigenvalue weighted by molar-refractivity contribution is -0.385. The smallest absolute Gasteiger partial charge is 0.289 e. The number of benzene rings is 1. The quantitative estimate of drug-likeness (QED) is 0.637. The van der Waals surface area contributed by atoms with Gasteiger partial charge in [0, 0.05) is 18.3 Å². The molecule has 17 heavy (non-hydrogen) atoms. The van der Waals surface area contributed by atoms with E-state index in [4.69, 9.17) is 5.26 Å². The molecule has 0 amide bonds. The molecule has 0 saturated heterocycles. The number of nitriles is 1. The number of nitrogens with zero attached hydrogens (tertiary/aromatic N) is 2. The van der Waals surface area contributed by atoms with Gasteiger partial charge < -0.3 is 5.32 Å². The molecule has 5 nitrogen and oxygen atoms in total. The van der Waals surface area contributed by atoms with Gasteiger partial charge in [-0.25, -0.2) is 0 Å². The summed E-state index contributed by atoms with van der Waals surface area (Å²) in [4.78, 5) is 10.2. The summed E-state index contributed by atoms with van der Waals surface area (Å²) in [5, 5.41) is 22.7. The first-order valence-electron chi connectivity index (χ1n) is 5.54. The molecular formula is C12H13N3O2. The maximum Gasteiger partial charge on any atom is 0.289 e. The second-order valence-corrected chi connectivity index (χ2v) is 4.45. The minimum absolute atomic E-state index is 0.0975. The van der Waals surface area contributed by atoms with Crippen molar-refractivity contribution in [2.45, 2.75) is 13.3 Å². The Balaban J connectivity index is 2.10. The number of hydrogen-bond donors (Lipinski definition) is 1. The van der Waals surface area contributed by atoms with Crippen LogP contribution in [0.5, 0.6) is 0 Å². The first kappa shape index (κ1) is 11.4. The molecule has 0 aromatic heterocycles. The average Bonchev–Trinajstić information content (AvgIpc) is 3.02. The van der Waals surface area contributed by atoms with Crippen molar-refractivity contribution in [1.29, 1.82) is 5.26 Å². The molecule has 1 aliphatic rings. The van der Waals surface area contributed by atoms with Crippen LogP contribution in [0.3, 0.4) is 0 Å². The van der Waals surface area contributed by atoms with Crippen molar-refractivity contribution in [2.24, 2.45) is 11.8 Å².